The van der Waals surface area contributed by atoms with E-state index in [1.165, 1.54) is 11.1 Å². The molecule has 9 heteroatoms. The van der Waals surface area contributed by atoms with Gasteiger partial charge >= 0.3 is 0 Å². The zero-order valence-corrected chi connectivity index (χ0v) is 29.9. The van der Waals surface area contributed by atoms with Gasteiger partial charge in [-0.05, 0) is 60.1 Å². The fraction of sp³-hybridized carbons (Fsp3) is 0.244. The lowest BCUT2D eigenvalue weighted by molar-refractivity contribution is 0.0849. The van der Waals surface area contributed by atoms with Gasteiger partial charge in [0.05, 0.1) is 0 Å². The number of fused-ring (bicyclic) bond motifs is 2. The fourth-order valence-electron chi connectivity index (χ4n) is 8.31. The minimum atomic E-state index is -0.314. The molecule has 0 aliphatic heterocycles. The van der Waals surface area contributed by atoms with Gasteiger partial charge in [0.2, 0.25) is 0 Å². The SMILES string of the molecule is O=C(c1n[nH]c2c1C=CC(c1ccccc1)(c1cccnc1)C2)C1CCC1.ON=C(c1n[nH]c2c1C=CC(c1ccccc1)(c1cccnc1)C2)C1CC1. The summed E-state index contributed by atoms with van der Waals surface area (Å²) in [7, 11) is 0. The molecule has 4 aliphatic carbocycles. The van der Waals surface area contributed by atoms with E-state index in [2.05, 4.69) is 120 Å². The zero-order chi connectivity index (χ0) is 36.5. The molecular formula is C45H41N7O2. The number of ketones is 1. The molecule has 2 fully saturated rings. The van der Waals surface area contributed by atoms with Crippen molar-refractivity contribution < 1.29 is 10.0 Å². The van der Waals surface area contributed by atoms with Crippen LogP contribution in [0.25, 0.3) is 12.2 Å². The van der Waals surface area contributed by atoms with E-state index < -0.39 is 0 Å². The summed E-state index contributed by atoms with van der Waals surface area (Å²) in [5, 5.41) is 28.3. The highest BCUT2D eigenvalue weighted by Crippen LogP contribution is 2.44. The number of oxime groups is 1. The largest absolute Gasteiger partial charge is 0.411 e. The van der Waals surface area contributed by atoms with Gasteiger partial charge in [0, 0.05) is 82.8 Å². The highest BCUT2D eigenvalue weighted by Gasteiger charge is 2.40. The minimum absolute atomic E-state index is 0.157. The summed E-state index contributed by atoms with van der Waals surface area (Å²) < 4.78 is 0. The number of aromatic amines is 2. The van der Waals surface area contributed by atoms with Crippen molar-refractivity contribution >= 4 is 23.6 Å². The fourth-order valence-corrected chi connectivity index (χ4v) is 8.31. The molecule has 4 aliphatic rings. The first-order valence-electron chi connectivity index (χ1n) is 18.8. The number of aromatic nitrogens is 6. The van der Waals surface area contributed by atoms with Gasteiger partial charge in [0.15, 0.2) is 5.78 Å². The second-order valence-corrected chi connectivity index (χ2v) is 14.9. The number of pyridine rings is 2. The molecular weight excluding hydrogens is 671 g/mol. The van der Waals surface area contributed by atoms with Crippen molar-refractivity contribution in [2.75, 3.05) is 0 Å². The Morgan fingerprint density at radius 1 is 0.630 bits per heavy atom. The van der Waals surface area contributed by atoms with E-state index in [-0.39, 0.29) is 22.5 Å². The van der Waals surface area contributed by atoms with E-state index in [0.29, 0.717) is 17.3 Å². The average Bonchev–Trinajstić information content (AvgIpc) is 3.84. The predicted molar refractivity (Wildman–Crippen MR) is 208 cm³/mol. The van der Waals surface area contributed by atoms with Gasteiger partial charge in [-0.2, -0.15) is 10.2 Å². The maximum atomic E-state index is 12.7. The van der Waals surface area contributed by atoms with Crippen LogP contribution in [0.1, 0.15) is 93.1 Å². The molecule has 4 heterocycles. The summed E-state index contributed by atoms with van der Waals surface area (Å²) >= 11 is 0. The van der Waals surface area contributed by atoms with E-state index in [1.807, 2.05) is 36.7 Å². The molecule has 2 unspecified atom stereocenters. The molecule has 2 atom stereocenters. The normalized spacial score (nSPS) is 21.7. The van der Waals surface area contributed by atoms with Crippen LogP contribution in [0.5, 0.6) is 0 Å². The number of carbonyl (C=O) groups excluding carboxylic acids is 1. The second kappa shape index (κ2) is 14.0. The van der Waals surface area contributed by atoms with Crippen molar-refractivity contribution in [1.82, 2.24) is 30.4 Å². The highest BCUT2D eigenvalue weighted by molar-refractivity contribution is 6.04. The standard InChI is InChI=1S/C23H21N3O.C22H20N4O/c27-22(16-6-4-7-16)21-19-11-12-23(14-20(19)25-26-21,17-8-2-1-3-9-17)18-10-5-13-24-15-18;27-26-20(15-8-9-15)21-18-10-11-22(13-19(18)24-25-21,16-5-2-1-3-6-16)17-7-4-12-23-14-17/h1-3,5,8-13,15-16H,4,6-7,14H2,(H,25,26);1-7,10-12,14-15,27H,8-9,13H2,(H,24,25). The first kappa shape index (κ1) is 33.6. The summed E-state index contributed by atoms with van der Waals surface area (Å²) in [4.78, 5) is 21.4. The van der Waals surface area contributed by atoms with Crippen molar-refractivity contribution in [3.63, 3.8) is 0 Å². The summed E-state index contributed by atoms with van der Waals surface area (Å²) in [5.74, 6) is 0.678. The van der Waals surface area contributed by atoms with Crippen LogP contribution < -0.4 is 0 Å². The van der Waals surface area contributed by atoms with Crippen LogP contribution in [-0.4, -0.2) is 47.1 Å². The molecule has 2 saturated carbocycles. The first-order valence-corrected chi connectivity index (χ1v) is 18.8. The van der Waals surface area contributed by atoms with Crippen LogP contribution in [0.15, 0.2) is 127 Å². The number of allylic oxidation sites excluding steroid dienone is 2. The van der Waals surface area contributed by atoms with Gasteiger partial charge < -0.3 is 5.21 Å². The Balaban J connectivity index is 0.000000142. The third-order valence-corrected chi connectivity index (χ3v) is 11.7. The van der Waals surface area contributed by atoms with Crippen LogP contribution in [0.3, 0.4) is 0 Å². The quantitative estimate of drug-likeness (QED) is 0.0630. The smallest absolute Gasteiger partial charge is 0.186 e. The molecule has 9 nitrogen and oxygen atoms in total. The lowest BCUT2D eigenvalue weighted by Gasteiger charge is -2.34. The molecule has 0 spiro atoms. The number of rotatable bonds is 8. The lowest BCUT2D eigenvalue weighted by atomic mass is 9.68. The molecule has 4 aromatic heterocycles. The molecule has 6 aromatic rings. The Kier molecular flexibility index (Phi) is 8.69. The zero-order valence-electron chi connectivity index (χ0n) is 29.9. The molecule has 0 radical (unpaired) electrons. The van der Waals surface area contributed by atoms with Crippen LogP contribution >= 0.6 is 0 Å². The van der Waals surface area contributed by atoms with E-state index in [9.17, 15) is 10.0 Å². The van der Waals surface area contributed by atoms with Crippen molar-refractivity contribution in [3.05, 3.63) is 178 Å². The molecule has 54 heavy (non-hydrogen) atoms. The van der Waals surface area contributed by atoms with Crippen molar-refractivity contribution in [2.45, 2.75) is 55.8 Å². The van der Waals surface area contributed by atoms with Crippen LogP contribution in [0.4, 0.5) is 0 Å². The Bertz CT molecular complexity index is 2280. The predicted octanol–water partition coefficient (Wildman–Crippen LogP) is 8.29. The van der Waals surface area contributed by atoms with E-state index in [4.69, 9.17) is 0 Å². The Morgan fingerprint density at radius 2 is 1.13 bits per heavy atom. The maximum absolute atomic E-state index is 12.7. The average molecular weight is 712 g/mol. The second-order valence-electron chi connectivity index (χ2n) is 14.9. The Morgan fingerprint density at radius 3 is 1.57 bits per heavy atom. The monoisotopic (exact) mass is 711 g/mol. The number of nitrogens with zero attached hydrogens (tertiary/aromatic N) is 5. The first-order chi connectivity index (χ1) is 26.6. The molecule has 2 aromatic carbocycles. The van der Waals surface area contributed by atoms with Gasteiger partial charge in [0.1, 0.15) is 17.1 Å². The number of H-pyrrole nitrogens is 2. The summed E-state index contributed by atoms with van der Waals surface area (Å²) in [6, 6.07) is 29.1. The molecule has 10 rings (SSSR count). The van der Waals surface area contributed by atoms with Gasteiger partial charge in [-0.3, -0.25) is 25.0 Å². The molecule has 268 valence electrons. The van der Waals surface area contributed by atoms with Gasteiger partial charge in [-0.1, -0.05) is 109 Å². The number of benzene rings is 2. The van der Waals surface area contributed by atoms with Crippen LogP contribution in [0, 0.1) is 11.8 Å². The number of carbonyl (C=O) groups is 1. The third-order valence-electron chi connectivity index (χ3n) is 11.7. The number of nitrogens with one attached hydrogen (secondary N) is 2. The van der Waals surface area contributed by atoms with Crippen molar-refractivity contribution in [3.8, 4) is 0 Å². The summed E-state index contributed by atoms with van der Waals surface area (Å²) in [6.45, 7) is 0. The number of hydrogen-bond acceptors (Lipinski definition) is 7. The molecule has 0 amide bonds. The Labute approximate surface area is 314 Å². The maximum Gasteiger partial charge on any atom is 0.186 e. The molecule has 3 N–H and O–H groups in total. The number of hydrogen-bond donors (Lipinski definition) is 3. The van der Waals surface area contributed by atoms with Crippen LogP contribution in [-0.2, 0) is 23.7 Å². The van der Waals surface area contributed by atoms with E-state index >= 15 is 0 Å². The lowest BCUT2D eigenvalue weighted by Crippen LogP contribution is -2.31. The highest BCUT2D eigenvalue weighted by atomic mass is 16.4. The van der Waals surface area contributed by atoms with Crippen molar-refractivity contribution in [2.24, 2.45) is 17.0 Å². The number of Topliss-reactive ketones (excluding diaryl/α,β-unsaturated/α-hetero) is 1. The summed E-state index contributed by atoms with van der Waals surface area (Å²) in [5.41, 5.74) is 10.3. The van der Waals surface area contributed by atoms with E-state index in [0.717, 1.165) is 84.3 Å². The van der Waals surface area contributed by atoms with E-state index in [1.54, 1.807) is 12.4 Å². The van der Waals surface area contributed by atoms with Crippen LogP contribution in [0.2, 0.25) is 0 Å². The molecule has 0 saturated heterocycles. The van der Waals surface area contributed by atoms with Gasteiger partial charge in [-0.25, -0.2) is 0 Å². The van der Waals surface area contributed by atoms with Gasteiger partial charge in [-0.15, -0.1) is 0 Å². The topological polar surface area (TPSA) is 133 Å². The summed E-state index contributed by atoms with van der Waals surface area (Å²) in [6.07, 6.45) is 22.9. The van der Waals surface area contributed by atoms with Crippen molar-refractivity contribution in [1.29, 1.82) is 0 Å². The Hall–Kier alpha value is -6.22. The third kappa shape index (κ3) is 5.90. The van der Waals surface area contributed by atoms with Gasteiger partial charge in [0.25, 0.3) is 0 Å². The molecule has 0 bridgehead atoms. The minimum Gasteiger partial charge on any atom is -0.411 e.